The van der Waals surface area contributed by atoms with Crippen molar-refractivity contribution in [3.05, 3.63) is 54.0 Å². The average Bonchev–Trinajstić information content (AvgIpc) is 2.49. The van der Waals surface area contributed by atoms with Gasteiger partial charge < -0.3 is 4.74 Å². The van der Waals surface area contributed by atoms with Crippen molar-refractivity contribution in [2.75, 3.05) is 0 Å². The largest absolute Gasteiger partial charge is 0.472 e. The van der Waals surface area contributed by atoms with Crippen molar-refractivity contribution < 1.29 is 4.74 Å². The molecule has 18 heavy (non-hydrogen) atoms. The molecule has 0 saturated heterocycles. The molecule has 3 heteroatoms. The maximum Gasteiger partial charge on any atom is 0.232 e. The topological polar surface area (TPSA) is 35.0 Å². The number of hydrogen-bond donors (Lipinski definition) is 0. The third-order valence-electron chi connectivity index (χ3n) is 2.27. The van der Waals surface area contributed by atoms with Crippen molar-refractivity contribution in [3.8, 4) is 5.88 Å². The number of hydrogen-bond acceptors (Lipinski definition) is 3. The quantitative estimate of drug-likeness (QED) is 0.823. The van der Waals surface area contributed by atoms with Gasteiger partial charge in [-0.15, -0.1) is 0 Å². The van der Waals surface area contributed by atoms with Crippen LogP contribution in [0.2, 0.25) is 0 Å². The Bertz CT molecular complexity index is 426. The van der Waals surface area contributed by atoms with Crippen LogP contribution < -0.4 is 4.74 Å². The van der Waals surface area contributed by atoms with E-state index in [4.69, 9.17) is 4.74 Å². The molecule has 2 rings (SSSR count). The fourth-order valence-electron chi connectivity index (χ4n) is 1.33. The van der Waals surface area contributed by atoms with Gasteiger partial charge in [0.1, 0.15) is 6.61 Å². The summed E-state index contributed by atoms with van der Waals surface area (Å²) in [6.07, 6.45) is 4.31. The van der Waals surface area contributed by atoms with Crippen LogP contribution in [-0.2, 0) is 13.0 Å². The van der Waals surface area contributed by atoms with E-state index in [9.17, 15) is 0 Å². The summed E-state index contributed by atoms with van der Waals surface area (Å²) in [6.45, 7) is 6.58. The van der Waals surface area contributed by atoms with Gasteiger partial charge in [-0.1, -0.05) is 51.1 Å². The molecule has 0 bridgehead atoms. The Morgan fingerprint density at radius 2 is 1.72 bits per heavy atom. The first-order valence-electron chi connectivity index (χ1n) is 6.36. The third-order valence-corrected chi connectivity index (χ3v) is 2.27. The molecular weight excluding hydrogens is 224 g/mol. The molecule has 0 unspecified atom stereocenters. The fraction of sp³-hybridized carbons (Fsp3) is 0.333. The number of benzene rings is 1. The summed E-state index contributed by atoms with van der Waals surface area (Å²) in [6, 6.07) is 10.0. The molecule has 0 aliphatic carbocycles. The lowest BCUT2D eigenvalue weighted by Gasteiger charge is -2.04. The van der Waals surface area contributed by atoms with Crippen molar-refractivity contribution in [3.63, 3.8) is 0 Å². The lowest BCUT2D eigenvalue weighted by molar-refractivity contribution is 0.292. The Morgan fingerprint density at radius 3 is 2.28 bits per heavy atom. The van der Waals surface area contributed by atoms with Gasteiger partial charge >= 0.3 is 0 Å². The first-order chi connectivity index (χ1) is 8.88. The molecule has 1 aromatic carbocycles. The summed E-state index contributed by atoms with van der Waals surface area (Å²) >= 11 is 0. The molecule has 1 heterocycles. The predicted molar refractivity (Wildman–Crippen MR) is 73.5 cm³/mol. The predicted octanol–water partition coefficient (Wildman–Crippen LogP) is 3.64. The molecular formula is C15H20N2O. The van der Waals surface area contributed by atoms with E-state index in [1.165, 1.54) is 0 Å². The van der Waals surface area contributed by atoms with Crippen molar-refractivity contribution in [2.45, 2.75) is 33.8 Å². The highest BCUT2D eigenvalue weighted by atomic mass is 16.5. The SMILES string of the molecule is CC.CCc1cnc(OCc2ccccc2)cn1. The first-order valence-corrected chi connectivity index (χ1v) is 6.36. The van der Waals surface area contributed by atoms with Crippen LogP contribution in [0.1, 0.15) is 32.0 Å². The van der Waals surface area contributed by atoms with E-state index in [0.29, 0.717) is 12.5 Å². The molecule has 0 radical (unpaired) electrons. The monoisotopic (exact) mass is 244 g/mol. The standard InChI is InChI=1S/C13H14N2O.C2H6/c1-2-12-8-15-13(9-14-12)16-10-11-6-4-3-5-7-11;1-2/h3-9H,2,10H2,1H3;1-2H3. The highest BCUT2D eigenvalue weighted by Gasteiger charge is 1.97. The molecule has 0 aliphatic rings. The Morgan fingerprint density at radius 1 is 1.00 bits per heavy atom. The minimum absolute atomic E-state index is 0.529. The average molecular weight is 244 g/mol. The van der Waals surface area contributed by atoms with Gasteiger partial charge in [-0.2, -0.15) is 0 Å². The van der Waals surface area contributed by atoms with Crippen molar-refractivity contribution in [1.29, 1.82) is 0 Å². The maximum atomic E-state index is 5.52. The summed E-state index contributed by atoms with van der Waals surface area (Å²) in [5.41, 5.74) is 2.11. The van der Waals surface area contributed by atoms with Crippen LogP contribution in [0.3, 0.4) is 0 Å². The Labute approximate surface area is 109 Å². The van der Waals surface area contributed by atoms with E-state index < -0.39 is 0 Å². The van der Waals surface area contributed by atoms with E-state index in [-0.39, 0.29) is 0 Å². The fourth-order valence-corrected chi connectivity index (χ4v) is 1.33. The van der Waals surface area contributed by atoms with Crippen molar-refractivity contribution in [1.82, 2.24) is 9.97 Å². The lowest BCUT2D eigenvalue weighted by Crippen LogP contribution is -1.98. The molecule has 1 aromatic heterocycles. The molecule has 2 aromatic rings. The third kappa shape index (κ3) is 4.53. The van der Waals surface area contributed by atoms with Gasteiger partial charge in [0.05, 0.1) is 18.1 Å². The summed E-state index contributed by atoms with van der Waals surface area (Å²) in [7, 11) is 0. The summed E-state index contributed by atoms with van der Waals surface area (Å²) in [4.78, 5) is 8.40. The van der Waals surface area contributed by atoms with Gasteiger partial charge in [-0.25, -0.2) is 4.98 Å². The van der Waals surface area contributed by atoms with Crippen LogP contribution in [0.25, 0.3) is 0 Å². The van der Waals surface area contributed by atoms with Gasteiger partial charge in [0.25, 0.3) is 0 Å². The van der Waals surface area contributed by atoms with Gasteiger partial charge in [0.2, 0.25) is 5.88 Å². The number of rotatable bonds is 4. The van der Waals surface area contributed by atoms with Crippen LogP contribution >= 0.6 is 0 Å². The van der Waals surface area contributed by atoms with Gasteiger partial charge in [-0.3, -0.25) is 4.98 Å². The van der Waals surface area contributed by atoms with Crippen LogP contribution in [0.5, 0.6) is 5.88 Å². The second-order valence-corrected chi connectivity index (χ2v) is 3.47. The van der Waals surface area contributed by atoms with Crippen molar-refractivity contribution in [2.24, 2.45) is 0 Å². The highest BCUT2D eigenvalue weighted by molar-refractivity contribution is 5.15. The summed E-state index contributed by atoms with van der Waals surface area (Å²) in [5.74, 6) is 0.570. The number of aryl methyl sites for hydroxylation is 1. The Hall–Kier alpha value is -1.90. The van der Waals surface area contributed by atoms with Gasteiger partial charge in [0.15, 0.2) is 0 Å². The maximum absolute atomic E-state index is 5.52. The van der Waals surface area contributed by atoms with E-state index in [1.807, 2.05) is 44.2 Å². The minimum atomic E-state index is 0.529. The zero-order chi connectivity index (χ0) is 13.2. The highest BCUT2D eigenvalue weighted by Crippen LogP contribution is 2.08. The first kappa shape index (κ1) is 14.2. The van der Waals surface area contributed by atoms with Crippen LogP contribution in [-0.4, -0.2) is 9.97 Å². The number of nitrogens with zero attached hydrogens (tertiary/aromatic N) is 2. The molecule has 0 saturated carbocycles. The number of ether oxygens (including phenoxy) is 1. The molecule has 3 nitrogen and oxygen atoms in total. The van der Waals surface area contributed by atoms with E-state index >= 15 is 0 Å². The van der Waals surface area contributed by atoms with E-state index in [2.05, 4.69) is 16.9 Å². The van der Waals surface area contributed by atoms with Crippen LogP contribution in [0.15, 0.2) is 42.7 Å². The Kier molecular flexibility index (Phi) is 6.47. The second kappa shape index (κ2) is 8.23. The molecule has 0 fully saturated rings. The zero-order valence-electron chi connectivity index (χ0n) is 11.3. The molecule has 0 amide bonds. The van der Waals surface area contributed by atoms with Gasteiger partial charge in [-0.05, 0) is 12.0 Å². The van der Waals surface area contributed by atoms with Crippen molar-refractivity contribution >= 4 is 0 Å². The van der Waals surface area contributed by atoms with Gasteiger partial charge in [0, 0.05) is 0 Å². The zero-order valence-corrected chi connectivity index (χ0v) is 11.3. The van der Waals surface area contributed by atoms with Crippen LogP contribution in [0, 0.1) is 0 Å². The second-order valence-electron chi connectivity index (χ2n) is 3.47. The van der Waals surface area contributed by atoms with E-state index in [0.717, 1.165) is 17.7 Å². The molecule has 0 atom stereocenters. The lowest BCUT2D eigenvalue weighted by atomic mass is 10.2. The summed E-state index contributed by atoms with van der Waals surface area (Å²) < 4.78 is 5.52. The molecule has 96 valence electrons. The van der Waals surface area contributed by atoms with Crippen LogP contribution in [0.4, 0.5) is 0 Å². The summed E-state index contributed by atoms with van der Waals surface area (Å²) in [5, 5.41) is 0. The Balaban J connectivity index is 0.000000771. The molecule has 0 spiro atoms. The molecule has 0 aliphatic heterocycles. The molecule has 0 N–H and O–H groups in total. The smallest absolute Gasteiger partial charge is 0.232 e. The van der Waals surface area contributed by atoms with E-state index in [1.54, 1.807) is 12.4 Å². The number of aromatic nitrogens is 2. The minimum Gasteiger partial charge on any atom is -0.472 e. The normalized spacial score (nSPS) is 9.28.